The van der Waals surface area contributed by atoms with Crippen LogP contribution in [0.15, 0.2) is 52.9 Å². The third kappa shape index (κ3) is 5.60. The highest BCUT2D eigenvalue weighted by Gasteiger charge is 2.24. The molecular formula is C24H25ClN4O3. The molecule has 0 saturated carbocycles. The highest BCUT2D eigenvalue weighted by Crippen LogP contribution is 2.25. The van der Waals surface area contributed by atoms with Gasteiger partial charge in [-0.3, -0.25) is 4.90 Å². The molecule has 1 fully saturated rings. The highest BCUT2D eigenvalue weighted by molar-refractivity contribution is 6.30. The van der Waals surface area contributed by atoms with E-state index < -0.39 is 0 Å². The zero-order valence-electron chi connectivity index (χ0n) is 17.9. The minimum atomic E-state index is 0.114. The zero-order chi connectivity index (χ0) is 22.3. The average Bonchev–Trinajstić information content (AvgIpc) is 3.23. The fourth-order valence-electron chi connectivity index (χ4n) is 3.62. The predicted molar refractivity (Wildman–Crippen MR) is 122 cm³/mol. The summed E-state index contributed by atoms with van der Waals surface area (Å²) in [5.41, 5.74) is 2.63. The van der Waals surface area contributed by atoms with Gasteiger partial charge < -0.3 is 19.2 Å². The lowest BCUT2D eigenvalue weighted by Crippen LogP contribution is -2.41. The Morgan fingerprint density at radius 2 is 1.88 bits per heavy atom. The third-order valence-electron chi connectivity index (χ3n) is 5.36. The molecule has 2 heterocycles. The Morgan fingerprint density at radius 1 is 1.16 bits per heavy atom. The molecule has 0 spiro atoms. The van der Waals surface area contributed by atoms with Gasteiger partial charge in [0.2, 0.25) is 17.5 Å². The molecule has 1 atom stereocenters. The number of oxazole rings is 1. The fourth-order valence-corrected chi connectivity index (χ4v) is 3.75. The lowest BCUT2D eigenvalue weighted by Gasteiger charge is -2.35. The number of ether oxygens (including phenoxy) is 2. The smallest absolute Gasteiger partial charge is 0.236 e. The number of hydrogen-bond acceptors (Lipinski definition) is 7. The van der Waals surface area contributed by atoms with Gasteiger partial charge in [-0.05, 0) is 36.8 Å². The Kier molecular flexibility index (Phi) is 7.28. The lowest BCUT2D eigenvalue weighted by atomic mass is 10.0. The Bertz CT molecular complexity index is 1050. The first-order valence-electron chi connectivity index (χ1n) is 10.5. The summed E-state index contributed by atoms with van der Waals surface area (Å²) in [4.78, 5) is 6.64. The second-order valence-electron chi connectivity index (χ2n) is 7.60. The molecule has 0 amide bonds. The summed E-state index contributed by atoms with van der Waals surface area (Å²) < 4.78 is 17.0. The van der Waals surface area contributed by atoms with Gasteiger partial charge >= 0.3 is 0 Å². The molecule has 4 rings (SSSR count). The first-order chi connectivity index (χ1) is 15.6. The zero-order valence-corrected chi connectivity index (χ0v) is 18.6. The molecule has 32 heavy (non-hydrogen) atoms. The van der Waals surface area contributed by atoms with Crippen molar-refractivity contribution in [2.24, 2.45) is 0 Å². The average molecular weight is 453 g/mol. The minimum absolute atomic E-state index is 0.114. The maximum atomic E-state index is 9.51. The van der Waals surface area contributed by atoms with Crippen molar-refractivity contribution in [2.45, 2.75) is 19.6 Å². The van der Waals surface area contributed by atoms with Crippen molar-refractivity contribution in [2.75, 3.05) is 38.2 Å². The van der Waals surface area contributed by atoms with Crippen LogP contribution in [0.4, 0.5) is 5.88 Å². The van der Waals surface area contributed by atoms with Crippen LogP contribution in [-0.2, 0) is 11.3 Å². The van der Waals surface area contributed by atoms with E-state index in [9.17, 15) is 5.26 Å². The van der Waals surface area contributed by atoms with E-state index in [1.54, 1.807) is 24.3 Å². The van der Waals surface area contributed by atoms with Crippen LogP contribution in [0.5, 0.6) is 5.75 Å². The molecule has 0 radical (unpaired) electrons. The van der Waals surface area contributed by atoms with Crippen LogP contribution < -0.4 is 10.1 Å². The number of anilines is 1. The van der Waals surface area contributed by atoms with E-state index in [2.05, 4.69) is 52.5 Å². The van der Waals surface area contributed by atoms with Gasteiger partial charge in [0.1, 0.15) is 11.8 Å². The first-order valence-corrected chi connectivity index (χ1v) is 10.9. The quantitative estimate of drug-likeness (QED) is 0.535. The minimum Gasteiger partial charge on any atom is -0.484 e. The molecule has 1 N–H and O–H groups in total. The van der Waals surface area contributed by atoms with Crippen LogP contribution >= 0.6 is 11.6 Å². The second-order valence-corrected chi connectivity index (χ2v) is 8.03. The Morgan fingerprint density at radius 3 is 2.56 bits per heavy atom. The first kappa shape index (κ1) is 22.2. The van der Waals surface area contributed by atoms with Crippen molar-refractivity contribution in [1.82, 2.24) is 9.88 Å². The third-order valence-corrected chi connectivity index (χ3v) is 5.61. The van der Waals surface area contributed by atoms with Gasteiger partial charge in [0.05, 0.1) is 19.3 Å². The normalized spacial score (nSPS) is 15.2. The molecule has 0 unspecified atom stereocenters. The largest absolute Gasteiger partial charge is 0.484 e. The topological polar surface area (TPSA) is 83.6 Å². The second kappa shape index (κ2) is 10.5. The van der Waals surface area contributed by atoms with E-state index in [4.69, 9.17) is 25.5 Å². The van der Waals surface area contributed by atoms with Gasteiger partial charge in [0.25, 0.3) is 0 Å². The molecular weight excluding hydrogens is 428 g/mol. The monoisotopic (exact) mass is 452 g/mol. The van der Waals surface area contributed by atoms with Crippen LogP contribution in [-0.4, -0.2) is 42.7 Å². The molecule has 2 aromatic carbocycles. The number of aryl methyl sites for hydroxylation is 1. The molecule has 1 aromatic heterocycles. The van der Waals surface area contributed by atoms with E-state index in [0.29, 0.717) is 42.3 Å². The summed E-state index contributed by atoms with van der Waals surface area (Å²) in [6, 6.07) is 17.8. The van der Waals surface area contributed by atoms with Crippen LogP contribution in [0.2, 0.25) is 5.02 Å². The van der Waals surface area contributed by atoms with Gasteiger partial charge in [0.15, 0.2) is 6.61 Å². The van der Waals surface area contributed by atoms with Gasteiger partial charge in [-0.2, -0.15) is 10.2 Å². The number of benzene rings is 2. The van der Waals surface area contributed by atoms with Crippen molar-refractivity contribution in [1.29, 1.82) is 5.26 Å². The number of aromatic nitrogens is 1. The number of rotatable bonds is 8. The highest BCUT2D eigenvalue weighted by atomic mass is 35.5. The van der Waals surface area contributed by atoms with E-state index >= 15 is 0 Å². The van der Waals surface area contributed by atoms with Gasteiger partial charge in [-0.15, -0.1) is 0 Å². The van der Waals surface area contributed by atoms with Crippen LogP contribution in [0.3, 0.4) is 0 Å². The summed E-state index contributed by atoms with van der Waals surface area (Å²) >= 11 is 5.90. The van der Waals surface area contributed by atoms with Crippen molar-refractivity contribution < 1.29 is 13.9 Å². The molecule has 1 aliphatic rings. The molecule has 1 saturated heterocycles. The van der Waals surface area contributed by atoms with Crippen molar-refractivity contribution in [3.63, 3.8) is 0 Å². The van der Waals surface area contributed by atoms with Gasteiger partial charge in [-0.25, -0.2) is 0 Å². The summed E-state index contributed by atoms with van der Waals surface area (Å²) in [5.74, 6) is 1.33. The Balaban J connectivity index is 1.45. The number of halogens is 1. The van der Waals surface area contributed by atoms with Crippen LogP contribution in [0, 0.1) is 18.3 Å². The molecule has 8 heteroatoms. The van der Waals surface area contributed by atoms with E-state index in [1.807, 2.05) is 0 Å². The number of hydrogen-bond donors (Lipinski definition) is 1. The molecule has 166 valence electrons. The van der Waals surface area contributed by atoms with Crippen molar-refractivity contribution in [3.8, 4) is 11.8 Å². The molecule has 7 nitrogen and oxygen atoms in total. The number of morpholine rings is 1. The number of nitriles is 1. The Hall–Kier alpha value is -3.05. The summed E-state index contributed by atoms with van der Waals surface area (Å²) in [7, 11) is 0. The van der Waals surface area contributed by atoms with Crippen molar-refractivity contribution in [3.05, 3.63) is 76.3 Å². The van der Waals surface area contributed by atoms with E-state index in [-0.39, 0.29) is 18.3 Å². The summed E-state index contributed by atoms with van der Waals surface area (Å²) in [6.07, 6.45) is 0. The molecule has 0 aliphatic carbocycles. The fraction of sp³-hybridized carbons (Fsp3) is 0.333. The Labute approximate surface area is 192 Å². The molecule has 0 bridgehead atoms. The van der Waals surface area contributed by atoms with Gasteiger partial charge in [0, 0.05) is 24.7 Å². The molecule has 3 aromatic rings. The van der Waals surface area contributed by atoms with Crippen molar-refractivity contribution >= 4 is 17.5 Å². The standard InChI is InChI=1S/C24H25ClN4O3/c1-17-2-4-18(5-3-17)22(29-10-12-30-13-11-29)15-27-24-21(14-26)28-23(32-24)16-31-20-8-6-19(25)7-9-20/h2-9,22,27H,10-13,15-16H2,1H3/t22-/m0/s1. The lowest BCUT2D eigenvalue weighted by molar-refractivity contribution is 0.0186. The summed E-state index contributed by atoms with van der Waals surface area (Å²) in [6.45, 7) is 5.88. The van der Waals surface area contributed by atoms with Gasteiger partial charge in [-0.1, -0.05) is 41.4 Å². The maximum Gasteiger partial charge on any atom is 0.236 e. The number of nitrogens with zero attached hydrogens (tertiary/aromatic N) is 3. The SMILES string of the molecule is Cc1ccc([C@H](CNc2oc(COc3ccc(Cl)cc3)nc2C#N)N2CCOCC2)cc1. The van der Waals surface area contributed by atoms with E-state index in [1.165, 1.54) is 11.1 Å². The predicted octanol–water partition coefficient (Wildman–Crippen LogP) is 4.57. The maximum absolute atomic E-state index is 9.51. The van der Waals surface area contributed by atoms with Crippen LogP contribution in [0.1, 0.15) is 28.8 Å². The van der Waals surface area contributed by atoms with Crippen LogP contribution in [0.25, 0.3) is 0 Å². The summed E-state index contributed by atoms with van der Waals surface area (Å²) in [5, 5.41) is 13.4. The van der Waals surface area contributed by atoms with E-state index in [0.717, 1.165) is 13.1 Å². The molecule has 1 aliphatic heterocycles. The number of nitrogens with one attached hydrogen (secondary N) is 1.